The second-order valence-electron chi connectivity index (χ2n) is 6.04. The molecule has 146 valence electrons. The maximum atomic E-state index is 12.8. The number of carboxylic acids is 1. The van der Waals surface area contributed by atoms with Gasteiger partial charge in [-0.05, 0) is 36.2 Å². The first-order chi connectivity index (χ1) is 13.2. The average molecular weight is 393 g/mol. The van der Waals surface area contributed by atoms with Gasteiger partial charge < -0.3 is 15.4 Å². The number of aromatic amines is 1. The van der Waals surface area contributed by atoms with Gasteiger partial charge in [-0.15, -0.1) is 0 Å². The number of hydrogen-bond acceptors (Lipinski definition) is 4. The SMILES string of the molecule is O=C(O)c1cc(C(F)(F)F)ccc1NCCc1c[nH]c2ccc([N+](=O)[O-])cc12. The summed E-state index contributed by atoms with van der Waals surface area (Å²) in [6.45, 7) is 0.224. The number of aromatic nitrogens is 1. The van der Waals surface area contributed by atoms with Crippen LogP contribution in [0.3, 0.4) is 0 Å². The number of halogens is 3. The highest BCUT2D eigenvalue weighted by molar-refractivity contribution is 5.94. The summed E-state index contributed by atoms with van der Waals surface area (Å²) in [5, 5.41) is 23.6. The Balaban J connectivity index is 1.78. The van der Waals surface area contributed by atoms with Crippen molar-refractivity contribution in [3.05, 3.63) is 69.4 Å². The van der Waals surface area contributed by atoms with Gasteiger partial charge in [0.05, 0.1) is 16.1 Å². The molecular formula is C18H14F3N3O4. The van der Waals surface area contributed by atoms with Crippen LogP contribution in [-0.2, 0) is 12.6 Å². The van der Waals surface area contributed by atoms with E-state index in [4.69, 9.17) is 0 Å². The van der Waals surface area contributed by atoms with Crippen molar-refractivity contribution in [3.63, 3.8) is 0 Å². The molecule has 0 atom stereocenters. The van der Waals surface area contributed by atoms with Gasteiger partial charge in [-0.2, -0.15) is 13.2 Å². The van der Waals surface area contributed by atoms with Gasteiger partial charge in [0.2, 0.25) is 0 Å². The Morgan fingerprint density at radius 2 is 1.96 bits per heavy atom. The number of carbonyl (C=O) groups is 1. The first-order valence-electron chi connectivity index (χ1n) is 8.09. The summed E-state index contributed by atoms with van der Waals surface area (Å²) in [4.78, 5) is 24.7. The molecule has 28 heavy (non-hydrogen) atoms. The molecule has 10 heteroatoms. The quantitative estimate of drug-likeness (QED) is 0.424. The molecule has 2 aromatic carbocycles. The van der Waals surface area contributed by atoms with Gasteiger partial charge in [0.15, 0.2) is 0 Å². The molecule has 0 aliphatic heterocycles. The Kier molecular flexibility index (Phi) is 4.95. The average Bonchev–Trinajstić information content (AvgIpc) is 3.03. The zero-order valence-corrected chi connectivity index (χ0v) is 14.2. The van der Waals surface area contributed by atoms with Gasteiger partial charge >= 0.3 is 12.1 Å². The normalized spacial score (nSPS) is 11.5. The first kappa shape index (κ1) is 19.2. The fourth-order valence-electron chi connectivity index (χ4n) is 2.87. The molecule has 3 rings (SSSR count). The summed E-state index contributed by atoms with van der Waals surface area (Å²) >= 11 is 0. The zero-order valence-electron chi connectivity index (χ0n) is 14.2. The number of H-pyrrole nitrogens is 1. The second-order valence-corrected chi connectivity index (χ2v) is 6.04. The monoisotopic (exact) mass is 393 g/mol. The van der Waals surface area contributed by atoms with Crippen molar-refractivity contribution in [1.29, 1.82) is 0 Å². The van der Waals surface area contributed by atoms with Crippen LogP contribution in [0.5, 0.6) is 0 Å². The smallest absolute Gasteiger partial charge is 0.416 e. The molecule has 0 aliphatic rings. The summed E-state index contributed by atoms with van der Waals surface area (Å²) in [7, 11) is 0. The predicted octanol–water partition coefficient (Wildman–Crippen LogP) is 4.45. The molecular weight excluding hydrogens is 379 g/mol. The van der Waals surface area contributed by atoms with E-state index >= 15 is 0 Å². The molecule has 1 aromatic heterocycles. The molecule has 1 heterocycles. The number of non-ortho nitro benzene ring substituents is 1. The molecule has 0 aliphatic carbocycles. The molecule has 0 amide bonds. The number of anilines is 1. The molecule has 3 aromatic rings. The highest BCUT2D eigenvalue weighted by Gasteiger charge is 2.31. The highest BCUT2D eigenvalue weighted by Crippen LogP contribution is 2.32. The molecule has 0 unspecified atom stereocenters. The van der Waals surface area contributed by atoms with E-state index in [0.29, 0.717) is 23.4 Å². The number of nitro benzene ring substituents is 1. The van der Waals surface area contributed by atoms with Crippen LogP contribution >= 0.6 is 0 Å². The van der Waals surface area contributed by atoms with Gasteiger partial charge in [0.25, 0.3) is 5.69 Å². The lowest BCUT2D eigenvalue weighted by Gasteiger charge is -2.13. The Morgan fingerprint density at radius 1 is 1.21 bits per heavy atom. The number of benzene rings is 2. The minimum absolute atomic E-state index is 0.0581. The van der Waals surface area contributed by atoms with Crippen molar-refractivity contribution >= 4 is 28.2 Å². The van der Waals surface area contributed by atoms with Crippen molar-refractivity contribution in [2.75, 3.05) is 11.9 Å². The van der Waals surface area contributed by atoms with E-state index in [9.17, 15) is 33.2 Å². The molecule has 0 fully saturated rings. The maximum absolute atomic E-state index is 12.8. The van der Waals surface area contributed by atoms with Crippen molar-refractivity contribution < 1.29 is 28.0 Å². The third-order valence-electron chi connectivity index (χ3n) is 4.25. The van der Waals surface area contributed by atoms with Crippen molar-refractivity contribution in [3.8, 4) is 0 Å². The summed E-state index contributed by atoms with van der Waals surface area (Å²) in [5.41, 5.74) is -0.0522. The number of nitrogens with zero attached hydrogens (tertiary/aromatic N) is 1. The van der Waals surface area contributed by atoms with Crippen molar-refractivity contribution in [2.45, 2.75) is 12.6 Å². The second kappa shape index (κ2) is 7.22. The highest BCUT2D eigenvalue weighted by atomic mass is 19.4. The fourth-order valence-corrected chi connectivity index (χ4v) is 2.87. The number of rotatable bonds is 6. The Hall–Kier alpha value is -3.56. The standard InChI is InChI=1S/C18H14F3N3O4/c19-18(20,21)11-1-3-16(14(7-11)17(25)26)22-6-5-10-9-23-15-4-2-12(24(27)28)8-13(10)15/h1-4,7-9,22-23H,5-6H2,(H,25,26). The molecule has 3 N–H and O–H groups in total. The van der Waals surface area contributed by atoms with Gasteiger partial charge in [0, 0.05) is 41.5 Å². The third-order valence-corrected chi connectivity index (χ3v) is 4.25. The van der Waals surface area contributed by atoms with Crippen LogP contribution in [0.25, 0.3) is 10.9 Å². The van der Waals surface area contributed by atoms with E-state index < -0.39 is 28.2 Å². The predicted molar refractivity (Wildman–Crippen MR) is 95.6 cm³/mol. The van der Waals surface area contributed by atoms with E-state index in [1.165, 1.54) is 12.1 Å². The number of aromatic carboxylic acids is 1. The van der Waals surface area contributed by atoms with E-state index in [1.54, 1.807) is 12.3 Å². The van der Waals surface area contributed by atoms with Gasteiger partial charge in [-0.1, -0.05) is 0 Å². The van der Waals surface area contributed by atoms with Crippen molar-refractivity contribution in [1.82, 2.24) is 4.98 Å². The van der Waals surface area contributed by atoms with Crippen LogP contribution in [0.4, 0.5) is 24.5 Å². The van der Waals surface area contributed by atoms with Crippen LogP contribution in [0.15, 0.2) is 42.6 Å². The lowest BCUT2D eigenvalue weighted by Crippen LogP contribution is -2.12. The molecule has 0 radical (unpaired) electrons. The Morgan fingerprint density at radius 3 is 2.61 bits per heavy atom. The van der Waals surface area contributed by atoms with Crippen LogP contribution in [0, 0.1) is 10.1 Å². The summed E-state index contributed by atoms with van der Waals surface area (Å²) in [6, 6.07) is 6.86. The molecule has 7 nitrogen and oxygen atoms in total. The lowest BCUT2D eigenvalue weighted by atomic mass is 10.1. The minimum Gasteiger partial charge on any atom is -0.478 e. The number of nitrogens with one attached hydrogen (secondary N) is 2. The number of hydrogen-bond donors (Lipinski definition) is 3. The van der Waals surface area contributed by atoms with Crippen LogP contribution in [-0.4, -0.2) is 27.5 Å². The Labute approximate surface area is 155 Å². The largest absolute Gasteiger partial charge is 0.478 e. The summed E-state index contributed by atoms with van der Waals surface area (Å²) in [6.07, 6.45) is -2.58. The maximum Gasteiger partial charge on any atom is 0.416 e. The number of nitro groups is 1. The van der Waals surface area contributed by atoms with E-state index in [0.717, 1.165) is 17.7 Å². The topological polar surface area (TPSA) is 108 Å². The minimum atomic E-state index is -4.64. The van der Waals surface area contributed by atoms with E-state index in [-0.39, 0.29) is 17.9 Å². The number of alkyl halides is 3. The first-order valence-corrected chi connectivity index (χ1v) is 8.09. The van der Waals surface area contributed by atoms with Gasteiger partial charge in [-0.25, -0.2) is 4.79 Å². The lowest BCUT2D eigenvalue weighted by molar-refractivity contribution is -0.384. The van der Waals surface area contributed by atoms with Gasteiger partial charge in [-0.3, -0.25) is 10.1 Å². The molecule has 0 saturated carbocycles. The van der Waals surface area contributed by atoms with Gasteiger partial charge in [0.1, 0.15) is 0 Å². The zero-order chi connectivity index (χ0) is 20.5. The van der Waals surface area contributed by atoms with Crippen molar-refractivity contribution in [2.24, 2.45) is 0 Å². The fraction of sp³-hybridized carbons (Fsp3) is 0.167. The summed E-state index contributed by atoms with van der Waals surface area (Å²) in [5.74, 6) is -1.48. The molecule has 0 spiro atoms. The number of fused-ring (bicyclic) bond motifs is 1. The third kappa shape index (κ3) is 3.90. The number of carboxylic acid groups (broad SMARTS) is 1. The molecule has 0 bridgehead atoms. The molecule has 0 saturated heterocycles. The van der Waals surface area contributed by atoms with Crippen LogP contribution < -0.4 is 5.32 Å². The van der Waals surface area contributed by atoms with E-state index in [1.807, 2.05) is 0 Å². The Bertz CT molecular complexity index is 1060. The van der Waals surface area contributed by atoms with E-state index in [2.05, 4.69) is 10.3 Å². The summed E-state index contributed by atoms with van der Waals surface area (Å²) < 4.78 is 38.3. The van der Waals surface area contributed by atoms with Crippen LogP contribution in [0.1, 0.15) is 21.5 Å². The van der Waals surface area contributed by atoms with Crippen LogP contribution in [0.2, 0.25) is 0 Å².